The van der Waals surface area contributed by atoms with E-state index >= 15 is 0 Å². The third-order valence-electron chi connectivity index (χ3n) is 15.1. The number of rotatable bonds is 23. The van der Waals surface area contributed by atoms with E-state index in [4.69, 9.17) is 32.8 Å². The van der Waals surface area contributed by atoms with Crippen LogP contribution in [0.5, 0.6) is 34.5 Å². The monoisotopic (exact) mass is 1090 g/mol. The van der Waals surface area contributed by atoms with E-state index in [1.54, 1.807) is 60.9 Å². The van der Waals surface area contributed by atoms with Crippen LogP contribution in [0.4, 0.5) is 17.1 Å². The van der Waals surface area contributed by atoms with E-state index in [0.717, 1.165) is 130 Å². The molecule has 12 nitrogen and oxygen atoms in total. The van der Waals surface area contributed by atoms with Crippen molar-refractivity contribution in [3.05, 3.63) is 196 Å². The molecule has 1 heterocycles. The highest BCUT2D eigenvalue weighted by molar-refractivity contribution is 7.85. The van der Waals surface area contributed by atoms with Crippen LogP contribution in [0.15, 0.2) is 161 Å². The maximum absolute atomic E-state index is 13.1. The third-order valence-corrected chi connectivity index (χ3v) is 16.0. The number of nitrogens with zero attached hydrogens (tertiary/aromatic N) is 2. The Hall–Kier alpha value is -8.26. The minimum Gasteiger partial charge on any atom is -0.744 e. The zero-order valence-corrected chi connectivity index (χ0v) is 48.0. The maximum Gasteiger partial charge on any atom is 0.209 e. The quantitative estimate of drug-likeness (QED) is 0.0344. The van der Waals surface area contributed by atoms with Gasteiger partial charge < -0.3 is 42.3 Å². The van der Waals surface area contributed by atoms with Gasteiger partial charge in [-0.3, -0.25) is 0 Å². The van der Waals surface area contributed by atoms with Gasteiger partial charge >= 0.3 is 0 Å². The van der Waals surface area contributed by atoms with Crippen molar-refractivity contribution in [2.45, 2.75) is 70.1 Å². The van der Waals surface area contributed by atoms with E-state index in [-0.39, 0.29) is 4.90 Å². The van der Waals surface area contributed by atoms with Crippen molar-refractivity contribution in [1.82, 2.24) is 4.58 Å². The Morgan fingerprint density at radius 3 is 1.64 bits per heavy atom. The molecule has 0 spiro atoms. The highest BCUT2D eigenvalue weighted by atomic mass is 32.2. The highest BCUT2D eigenvalue weighted by Gasteiger charge is 2.24. The van der Waals surface area contributed by atoms with E-state index in [1.807, 2.05) is 92.0 Å². The summed E-state index contributed by atoms with van der Waals surface area (Å²) in [5.74, 6) is 5.35. The number of fused-ring (bicyclic) bond motifs is 2. The number of benzene rings is 8. The lowest BCUT2D eigenvalue weighted by molar-refractivity contribution is 0.398. The lowest BCUT2D eigenvalue weighted by atomic mass is 9.93. The first-order chi connectivity index (χ1) is 38.7. The second-order valence-electron chi connectivity index (χ2n) is 20.1. The van der Waals surface area contributed by atoms with Gasteiger partial charge in [0.15, 0.2) is 0 Å². The summed E-state index contributed by atoms with van der Waals surface area (Å²) in [5.41, 5.74) is 12.8. The second-order valence-corrected chi connectivity index (χ2v) is 21.4. The van der Waals surface area contributed by atoms with Gasteiger partial charge in [-0.2, -0.15) is 4.58 Å². The summed E-state index contributed by atoms with van der Waals surface area (Å²) in [6.45, 7) is 4.86. The summed E-state index contributed by atoms with van der Waals surface area (Å²) >= 11 is 0. The van der Waals surface area contributed by atoms with Gasteiger partial charge in [-0.05, 0) is 184 Å². The molecule has 0 aromatic heterocycles. The zero-order valence-electron chi connectivity index (χ0n) is 47.2. The highest BCUT2D eigenvalue weighted by Crippen LogP contribution is 2.44. The fourth-order valence-electron chi connectivity index (χ4n) is 10.9. The molecule has 0 saturated carbocycles. The van der Waals surface area contributed by atoms with Gasteiger partial charge in [0.1, 0.15) is 63.0 Å². The van der Waals surface area contributed by atoms with Crippen LogP contribution in [-0.4, -0.2) is 69.2 Å². The molecule has 0 fully saturated rings. The molecule has 0 N–H and O–H groups in total. The van der Waals surface area contributed by atoms with Gasteiger partial charge in [0.25, 0.3) is 0 Å². The number of ether oxygens (including phenoxy) is 6. The number of aryl methyl sites for hydroxylation is 7. The van der Waals surface area contributed by atoms with Crippen molar-refractivity contribution in [2.24, 2.45) is 0 Å². The summed E-state index contributed by atoms with van der Waals surface area (Å²) in [6.07, 6.45) is 6.56. The zero-order chi connectivity index (χ0) is 56.5. The van der Waals surface area contributed by atoms with Gasteiger partial charge in [-0.1, -0.05) is 42.5 Å². The molecule has 80 heavy (non-hydrogen) atoms. The van der Waals surface area contributed by atoms with Crippen LogP contribution in [0.25, 0.3) is 33.4 Å². The number of hydrogen-bond acceptors (Lipinski definition) is 11. The molecule has 414 valence electrons. The molecule has 0 bridgehead atoms. The lowest BCUT2D eigenvalue weighted by Gasteiger charge is -2.28. The minimum atomic E-state index is -4.89. The first-order valence-corrected chi connectivity index (χ1v) is 28.4. The summed E-state index contributed by atoms with van der Waals surface area (Å²) in [6, 6.07) is 49.4. The van der Waals surface area contributed by atoms with Crippen molar-refractivity contribution in [3.63, 3.8) is 0 Å². The van der Waals surface area contributed by atoms with Crippen molar-refractivity contribution in [3.8, 4) is 56.9 Å². The normalized spacial score (nSPS) is 11.9. The average molecular weight is 1100 g/mol. The van der Waals surface area contributed by atoms with Crippen LogP contribution in [0.1, 0.15) is 58.2 Å². The number of hydrogen-bond donors (Lipinski definition) is 0. The molecule has 0 atom stereocenters. The molecule has 0 radical (unpaired) electrons. The Bertz CT molecular complexity index is 3830. The molecule has 0 saturated heterocycles. The fraction of sp³-hybridized carbons (Fsp3) is 0.269. The Morgan fingerprint density at radius 2 is 1.07 bits per heavy atom. The van der Waals surface area contributed by atoms with E-state index in [1.165, 1.54) is 17.2 Å². The Kier molecular flexibility index (Phi) is 17.8. The summed E-state index contributed by atoms with van der Waals surface area (Å²) < 4.78 is 82.2. The van der Waals surface area contributed by atoms with Gasteiger partial charge in [0.05, 0.1) is 53.6 Å². The molecule has 1 aliphatic heterocycles. The van der Waals surface area contributed by atoms with Crippen LogP contribution >= 0.6 is 0 Å². The third kappa shape index (κ3) is 12.6. The molecule has 0 unspecified atom stereocenters. The Morgan fingerprint density at radius 1 is 0.525 bits per heavy atom. The van der Waals surface area contributed by atoms with Gasteiger partial charge in [0, 0.05) is 63.8 Å². The molecule has 7 aromatic rings. The van der Waals surface area contributed by atoms with Crippen LogP contribution in [0.3, 0.4) is 0 Å². The molecule has 13 heteroatoms. The van der Waals surface area contributed by atoms with Gasteiger partial charge in [0.2, 0.25) is 11.0 Å². The predicted octanol–water partition coefficient (Wildman–Crippen LogP) is 13.6. The molecule has 0 amide bonds. The molecular weight excluding hydrogens is 1020 g/mol. The Labute approximate surface area is 470 Å². The van der Waals surface area contributed by atoms with E-state index in [0.29, 0.717) is 46.4 Å². The molecule has 1 aliphatic carbocycles. The summed E-state index contributed by atoms with van der Waals surface area (Å²) in [7, 11) is 7.23. The summed E-state index contributed by atoms with van der Waals surface area (Å²) in [4.78, 5) is 2.03. The summed E-state index contributed by atoms with van der Waals surface area (Å²) in [5, 5.41) is 1.52. The smallest absolute Gasteiger partial charge is 0.209 e. The SMILES string of the molecule is COc1ccc(OC)c(CCCc2ccc(C)c(N(CCCc3cc(OC)ccc3OC)c3ccc4c(-c5ccccc5S(=O)(=O)[O-])c5ccc(=[N+](C)c6cc(CCCc7cc(OC)ccc7OC)ccc6C)cc-5oc4c3)c2)c1. The fourth-order valence-corrected chi connectivity index (χ4v) is 11.5. The van der Waals surface area contributed by atoms with Crippen molar-refractivity contribution < 1.29 is 45.8 Å². The average Bonchev–Trinajstić information content (AvgIpc) is 3.64. The van der Waals surface area contributed by atoms with Crippen LogP contribution < -0.4 is 43.3 Å². The largest absolute Gasteiger partial charge is 0.744 e. The van der Waals surface area contributed by atoms with E-state index < -0.39 is 10.1 Å². The van der Waals surface area contributed by atoms with Crippen LogP contribution in [0.2, 0.25) is 0 Å². The first-order valence-electron chi connectivity index (χ1n) is 27.0. The molecule has 7 aromatic carbocycles. The van der Waals surface area contributed by atoms with E-state index in [2.05, 4.69) is 65.8 Å². The van der Waals surface area contributed by atoms with Gasteiger partial charge in [-0.15, -0.1) is 0 Å². The van der Waals surface area contributed by atoms with Gasteiger partial charge in [-0.25, -0.2) is 8.42 Å². The Balaban J connectivity index is 1.14. The standard InChI is InChI=1S/C67H70N2O10S/c1-44-22-24-46(15-12-17-48-39-53(73-4)28-33-61(48)76-7)37-59(44)68(3)51-26-31-56-64(42-51)79-65-43-52(27-32-57(65)67(56)58-20-10-11-21-66(58)80(70,71)72)69(36-14-19-50-41-55(75-6)30-35-63(50)78-9)60-38-47(25-23-45(60)2)16-13-18-49-40-54(74-5)29-34-62(49)77-8/h10-11,20-35,37-43H,12-19,36H2,1-9H3. The topological polar surface area (TPSA) is 132 Å². The van der Waals surface area contributed by atoms with Crippen LogP contribution in [0, 0.1) is 13.8 Å². The minimum absolute atomic E-state index is 0.302. The number of anilines is 2. The number of methoxy groups -OCH3 is 6. The second kappa shape index (κ2) is 25.2. The predicted molar refractivity (Wildman–Crippen MR) is 317 cm³/mol. The first kappa shape index (κ1) is 56.5. The maximum atomic E-state index is 13.1. The molecule has 2 aliphatic rings. The van der Waals surface area contributed by atoms with Crippen molar-refractivity contribution in [1.29, 1.82) is 0 Å². The molecule has 9 rings (SSSR count). The lowest BCUT2D eigenvalue weighted by Crippen LogP contribution is -2.22. The van der Waals surface area contributed by atoms with Crippen molar-refractivity contribution >= 4 is 38.1 Å². The van der Waals surface area contributed by atoms with Crippen LogP contribution in [-0.2, 0) is 42.2 Å². The van der Waals surface area contributed by atoms with Crippen molar-refractivity contribution in [2.75, 3.05) is 61.2 Å². The molecular formula is C67H70N2O10S. The van der Waals surface area contributed by atoms with E-state index in [9.17, 15) is 13.0 Å².